The summed E-state index contributed by atoms with van der Waals surface area (Å²) in [6, 6.07) is 0. The molecule has 0 atom stereocenters. The van der Waals surface area contributed by atoms with E-state index in [1.165, 1.54) is 12.8 Å². The first-order valence-corrected chi connectivity index (χ1v) is 4.44. The quantitative estimate of drug-likeness (QED) is 0.371. The molecule has 0 aromatic carbocycles. The number of hydrogen-bond acceptors (Lipinski definition) is 1. The normalized spacial score (nSPS) is 11.0. The predicted octanol–water partition coefficient (Wildman–Crippen LogP) is -1.49. The summed E-state index contributed by atoms with van der Waals surface area (Å²) in [5.41, 5.74) is 0. The lowest BCUT2D eigenvalue weighted by molar-refractivity contribution is -0.870. The largest absolute Gasteiger partial charge is 1.00 e. The first-order chi connectivity index (χ1) is 5.06. The van der Waals surface area contributed by atoms with E-state index in [-0.39, 0.29) is 12.4 Å². The Bertz CT molecular complexity index is 91.0. The van der Waals surface area contributed by atoms with Gasteiger partial charge in [0.2, 0.25) is 0 Å². The van der Waals surface area contributed by atoms with Crippen LogP contribution in [0, 0.1) is 0 Å². The number of quaternary nitrogens is 1. The Morgan fingerprint density at radius 2 is 1.67 bits per heavy atom. The van der Waals surface area contributed by atoms with Crippen LogP contribution in [0.15, 0.2) is 0 Å². The van der Waals surface area contributed by atoms with Crippen LogP contribution in [0.4, 0.5) is 0 Å². The SMILES string of the molecule is CCCCOCC[N+](C)(C)C.[Cl-]. The van der Waals surface area contributed by atoms with E-state index < -0.39 is 0 Å². The summed E-state index contributed by atoms with van der Waals surface area (Å²) in [7, 11) is 6.55. The van der Waals surface area contributed by atoms with Crippen LogP contribution in [0.3, 0.4) is 0 Å². The predicted molar refractivity (Wildman–Crippen MR) is 48.6 cm³/mol. The molecule has 0 saturated carbocycles. The fraction of sp³-hybridized carbons (Fsp3) is 1.00. The van der Waals surface area contributed by atoms with Crippen LogP contribution < -0.4 is 12.4 Å². The molecular formula is C9H22ClNO. The minimum atomic E-state index is 0. The molecule has 0 aromatic rings. The van der Waals surface area contributed by atoms with Crippen LogP contribution in [0.5, 0.6) is 0 Å². The number of unbranched alkanes of at least 4 members (excludes halogenated alkanes) is 1. The summed E-state index contributed by atoms with van der Waals surface area (Å²) in [6.45, 7) is 5.10. The second-order valence-electron chi connectivity index (χ2n) is 3.98. The van der Waals surface area contributed by atoms with Gasteiger partial charge in [-0.3, -0.25) is 0 Å². The molecule has 0 aliphatic carbocycles. The van der Waals surface area contributed by atoms with Gasteiger partial charge < -0.3 is 21.6 Å². The highest BCUT2D eigenvalue weighted by Gasteiger charge is 2.04. The first kappa shape index (κ1) is 14.7. The fourth-order valence-electron chi connectivity index (χ4n) is 0.687. The van der Waals surface area contributed by atoms with E-state index in [0.29, 0.717) is 0 Å². The number of rotatable bonds is 6. The van der Waals surface area contributed by atoms with E-state index in [4.69, 9.17) is 4.74 Å². The third kappa shape index (κ3) is 12.8. The average Bonchev–Trinajstić information content (AvgIpc) is 1.85. The molecule has 0 unspecified atom stereocenters. The molecule has 0 bridgehead atoms. The summed E-state index contributed by atoms with van der Waals surface area (Å²) < 4.78 is 6.43. The summed E-state index contributed by atoms with van der Waals surface area (Å²) in [5.74, 6) is 0. The van der Waals surface area contributed by atoms with Gasteiger partial charge in [-0.2, -0.15) is 0 Å². The third-order valence-corrected chi connectivity index (χ3v) is 1.55. The van der Waals surface area contributed by atoms with Crippen molar-refractivity contribution in [3.63, 3.8) is 0 Å². The van der Waals surface area contributed by atoms with Crippen LogP contribution >= 0.6 is 0 Å². The van der Waals surface area contributed by atoms with E-state index >= 15 is 0 Å². The topological polar surface area (TPSA) is 9.23 Å². The zero-order chi connectivity index (χ0) is 8.74. The maximum Gasteiger partial charge on any atom is 0.102 e. The van der Waals surface area contributed by atoms with Gasteiger partial charge in [0.1, 0.15) is 6.54 Å². The second-order valence-corrected chi connectivity index (χ2v) is 3.98. The number of nitrogens with zero attached hydrogens (tertiary/aromatic N) is 1. The molecule has 0 rings (SSSR count). The fourth-order valence-corrected chi connectivity index (χ4v) is 0.687. The summed E-state index contributed by atoms with van der Waals surface area (Å²) in [6.07, 6.45) is 2.42. The lowest BCUT2D eigenvalue weighted by Gasteiger charge is -2.23. The van der Waals surface area contributed by atoms with Crippen molar-refractivity contribution in [3.05, 3.63) is 0 Å². The molecule has 0 aliphatic rings. The summed E-state index contributed by atoms with van der Waals surface area (Å²) >= 11 is 0. The van der Waals surface area contributed by atoms with Crippen molar-refractivity contribution >= 4 is 0 Å². The van der Waals surface area contributed by atoms with E-state index in [0.717, 1.165) is 24.2 Å². The van der Waals surface area contributed by atoms with E-state index in [1.807, 2.05) is 0 Å². The molecule has 0 N–H and O–H groups in total. The molecule has 0 radical (unpaired) electrons. The molecule has 0 spiro atoms. The Kier molecular flexibility index (Phi) is 9.61. The molecule has 0 amide bonds. The van der Waals surface area contributed by atoms with Gasteiger partial charge in [0.15, 0.2) is 0 Å². The molecule has 0 aliphatic heterocycles. The number of ether oxygens (including phenoxy) is 1. The van der Waals surface area contributed by atoms with E-state index in [9.17, 15) is 0 Å². The van der Waals surface area contributed by atoms with Crippen LogP contribution in [0.25, 0.3) is 0 Å². The maximum absolute atomic E-state index is 5.43. The summed E-state index contributed by atoms with van der Waals surface area (Å²) in [4.78, 5) is 0. The Labute approximate surface area is 82.9 Å². The Morgan fingerprint density at radius 1 is 1.08 bits per heavy atom. The van der Waals surface area contributed by atoms with Gasteiger partial charge in [0.25, 0.3) is 0 Å². The van der Waals surface area contributed by atoms with Crippen molar-refractivity contribution in [2.75, 3.05) is 40.9 Å². The van der Waals surface area contributed by atoms with Crippen molar-refractivity contribution in [3.8, 4) is 0 Å². The highest BCUT2D eigenvalue weighted by Crippen LogP contribution is 1.91. The van der Waals surface area contributed by atoms with Gasteiger partial charge in [-0.05, 0) is 6.42 Å². The standard InChI is InChI=1S/C9H22NO.ClH/c1-5-6-8-11-9-7-10(2,3)4;/h5-9H2,1-4H3;1H/q+1;/p-1. The van der Waals surface area contributed by atoms with Crippen molar-refractivity contribution < 1.29 is 21.6 Å². The van der Waals surface area contributed by atoms with Gasteiger partial charge >= 0.3 is 0 Å². The molecule has 0 saturated heterocycles. The number of likely N-dealkylation sites (N-methyl/N-ethyl adjacent to an activating group) is 1. The molecular weight excluding hydrogens is 174 g/mol. The van der Waals surface area contributed by atoms with Crippen molar-refractivity contribution in [2.24, 2.45) is 0 Å². The Morgan fingerprint density at radius 3 is 2.08 bits per heavy atom. The van der Waals surface area contributed by atoms with Crippen LogP contribution in [-0.4, -0.2) is 45.4 Å². The monoisotopic (exact) mass is 195 g/mol. The highest BCUT2D eigenvalue weighted by molar-refractivity contribution is 4.32. The van der Waals surface area contributed by atoms with Crippen LogP contribution in [0.2, 0.25) is 0 Å². The van der Waals surface area contributed by atoms with Crippen LogP contribution in [-0.2, 0) is 4.74 Å². The van der Waals surface area contributed by atoms with Gasteiger partial charge in [-0.25, -0.2) is 0 Å². The van der Waals surface area contributed by atoms with Gasteiger partial charge in [-0.15, -0.1) is 0 Å². The average molecular weight is 196 g/mol. The Hall–Kier alpha value is 0.210. The molecule has 0 heterocycles. The second kappa shape index (κ2) is 7.84. The van der Waals surface area contributed by atoms with Crippen molar-refractivity contribution in [2.45, 2.75) is 19.8 Å². The zero-order valence-corrected chi connectivity index (χ0v) is 9.52. The van der Waals surface area contributed by atoms with Crippen molar-refractivity contribution in [1.82, 2.24) is 0 Å². The first-order valence-electron chi connectivity index (χ1n) is 4.44. The van der Waals surface area contributed by atoms with Crippen molar-refractivity contribution in [1.29, 1.82) is 0 Å². The molecule has 2 nitrogen and oxygen atoms in total. The minimum absolute atomic E-state index is 0. The maximum atomic E-state index is 5.43. The lowest BCUT2D eigenvalue weighted by atomic mass is 10.4. The van der Waals surface area contributed by atoms with E-state index in [2.05, 4.69) is 28.1 Å². The smallest absolute Gasteiger partial charge is 0.102 e. The van der Waals surface area contributed by atoms with E-state index in [1.54, 1.807) is 0 Å². The lowest BCUT2D eigenvalue weighted by Crippen LogP contribution is -3.00. The molecule has 0 aromatic heterocycles. The van der Waals surface area contributed by atoms with Gasteiger partial charge in [0.05, 0.1) is 27.7 Å². The highest BCUT2D eigenvalue weighted by atomic mass is 35.5. The van der Waals surface area contributed by atoms with Gasteiger partial charge in [-0.1, -0.05) is 13.3 Å². The zero-order valence-electron chi connectivity index (χ0n) is 8.77. The Balaban J connectivity index is 0. The minimum Gasteiger partial charge on any atom is -1.00 e. The molecule has 0 fully saturated rings. The third-order valence-electron chi connectivity index (χ3n) is 1.55. The number of halogens is 1. The number of hydrogen-bond donors (Lipinski definition) is 0. The molecule has 12 heavy (non-hydrogen) atoms. The molecule has 76 valence electrons. The van der Waals surface area contributed by atoms with Crippen LogP contribution in [0.1, 0.15) is 19.8 Å². The van der Waals surface area contributed by atoms with Gasteiger partial charge in [0, 0.05) is 6.61 Å². The molecule has 3 heteroatoms. The summed E-state index contributed by atoms with van der Waals surface area (Å²) in [5, 5.41) is 0.